The molecule has 1 unspecified atom stereocenters. The van der Waals surface area contributed by atoms with Crippen LogP contribution in [0.1, 0.15) is 50.0 Å². The van der Waals surface area contributed by atoms with Crippen LogP contribution < -0.4 is 4.90 Å². The van der Waals surface area contributed by atoms with Crippen LogP contribution in [-0.2, 0) is 0 Å². The number of anilines is 1. The SMILES string of the molecule is CCCCN(C)C(=O)c1cnc(N2CCCC(C)C2)cn1. The summed E-state index contributed by atoms with van der Waals surface area (Å²) in [6.07, 6.45) is 7.92. The molecule has 2 rings (SSSR count). The van der Waals surface area contributed by atoms with E-state index in [1.54, 1.807) is 17.3 Å². The highest BCUT2D eigenvalue weighted by molar-refractivity contribution is 5.91. The fourth-order valence-corrected chi connectivity index (χ4v) is 2.68. The lowest BCUT2D eigenvalue weighted by Crippen LogP contribution is -2.35. The third kappa shape index (κ3) is 4.16. The van der Waals surface area contributed by atoms with Gasteiger partial charge in [-0.25, -0.2) is 9.97 Å². The molecule has 2 heterocycles. The van der Waals surface area contributed by atoms with Crippen LogP contribution in [-0.4, -0.2) is 47.5 Å². The predicted octanol–water partition coefficient (Wildman–Crippen LogP) is 2.59. The van der Waals surface area contributed by atoms with Gasteiger partial charge in [-0.2, -0.15) is 0 Å². The second-order valence-corrected chi connectivity index (χ2v) is 6.03. The van der Waals surface area contributed by atoms with Crippen molar-refractivity contribution in [3.63, 3.8) is 0 Å². The molecule has 1 saturated heterocycles. The zero-order chi connectivity index (χ0) is 15.2. The maximum absolute atomic E-state index is 12.2. The van der Waals surface area contributed by atoms with Crippen LogP contribution in [0.3, 0.4) is 0 Å². The number of carbonyl (C=O) groups excluding carboxylic acids is 1. The van der Waals surface area contributed by atoms with Gasteiger partial charge in [0.15, 0.2) is 0 Å². The number of unbranched alkanes of at least 4 members (excludes halogenated alkanes) is 1. The Bertz CT molecular complexity index is 460. The topological polar surface area (TPSA) is 49.3 Å². The Morgan fingerprint density at radius 3 is 2.86 bits per heavy atom. The lowest BCUT2D eigenvalue weighted by Gasteiger charge is -2.31. The minimum atomic E-state index is -0.0467. The quantitative estimate of drug-likeness (QED) is 0.836. The number of amides is 1. The molecule has 0 radical (unpaired) electrons. The molecule has 0 aliphatic carbocycles. The van der Waals surface area contributed by atoms with Gasteiger partial charge in [0.2, 0.25) is 0 Å². The Morgan fingerprint density at radius 2 is 2.24 bits per heavy atom. The number of rotatable bonds is 5. The van der Waals surface area contributed by atoms with E-state index in [1.807, 2.05) is 7.05 Å². The number of carbonyl (C=O) groups is 1. The first-order chi connectivity index (χ1) is 10.1. The molecule has 1 aliphatic heterocycles. The van der Waals surface area contributed by atoms with Gasteiger partial charge in [0, 0.05) is 26.7 Å². The summed E-state index contributed by atoms with van der Waals surface area (Å²) in [6, 6.07) is 0. The van der Waals surface area contributed by atoms with Crippen molar-refractivity contribution in [2.75, 3.05) is 31.6 Å². The van der Waals surface area contributed by atoms with Crippen molar-refractivity contribution >= 4 is 11.7 Å². The number of hydrogen-bond acceptors (Lipinski definition) is 4. The van der Waals surface area contributed by atoms with E-state index in [1.165, 1.54) is 12.8 Å². The molecule has 5 nitrogen and oxygen atoms in total. The van der Waals surface area contributed by atoms with Gasteiger partial charge in [0.05, 0.1) is 12.4 Å². The lowest BCUT2D eigenvalue weighted by molar-refractivity contribution is 0.0787. The fraction of sp³-hybridized carbons (Fsp3) is 0.688. The summed E-state index contributed by atoms with van der Waals surface area (Å²) in [5.74, 6) is 1.53. The van der Waals surface area contributed by atoms with Gasteiger partial charge >= 0.3 is 0 Å². The molecule has 0 aromatic carbocycles. The van der Waals surface area contributed by atoms with E-state index in [4.69, 9.17) is 0 Å². The third-order valence-corrected chi connectivity index (χ3v) is 4.03. The van der Waals surface area contributed by atoms with E-state index in [0.717, 1.165) is 38.3 Å². The Hall–Kier alpha value is -1.65. The molecule has 1 amide bonds. The lowest BCUT2D eigenvalue weighted by atomic mass is 10.0. The van der Waals surface area contributed by atoms with Gasteiger partial charge in [0.25, 0.3) is 5.91 Å². The number of piperidine rings is 1. The molecule has 0 spiro atoms. The number of aromatic nitrogens is 2. The van der Waals surface area contributed by atoms with E-state index in [0.29, 0.717) is 11.6 Å². The molecule has 1 aromatic rings. The standard InChI is InChI=1S/C16H26N4O/c1-4-5-8-19(3)16(21)14-10-18-15(11-17-14)20-9-6-7-13(2)12-20/h10-11,13H,4-9,12H2,1-3H3. The van der Waals surface area contributed by atoms with Crippen molar-refractivity contribution in [3.05, 3.63) is 18.1 Å². The van der Waals surface area contributed by atoms with Crippen molar-refractivity contribution in [3.8, 4) is 0 Å². The Morgan fingerprint density at radius 1 is 1.43 bits per heavy atom. The molecule has 0 saturated carbocycles. The molecule has 1 aromatic heterocycles. The van der Waals surface area contributed by atoms with Crippen LogP contribution >= 0.6 is 0 Å². The summed E-state index contributed by atoms with van der Waals surface area (Å²) in [6.45, 7) is 7.20. The monoisotopic (exact) mass is 290 g/mol. The maximum atomic E-state index is 12.2. The molecular weight excluding hydrogens is 264 g/mol. The molecule has 0 bridgehead atoms. The summed E-state index contributed by atoms with van der Waals surface area (Å²) >= 11 is 0. The van der Waals surface area contributed by atoms with E-state index >= 15 is 0 Å². The van der Waals surface area contributed by atoms with Crippen molar-refractivity contribution in [2.24, 2.45) is 5.92 Å². The van der Waals surface area contributed by atoms with Gasteiger partial charge in [-0.05, 0) is 25.2 Å². The molecule has 1 fully saturated rings. The van der Waals surface area contributed by atoms with Crippen LogP contribution in [0.15, 0.2) is 12.4 Å². The van der Waals surface area contributed by atoms with Gasteiger partial charge < -0.3 is 9.80 Å². The Kier molecular flexibility index (Phi) is 5.53. The highest BCUT2D eigenvalue weighted by Crippen LogP contribution is 2.20. The van der Waals surface area contributed by atoms with Crippen LogP contribution in [0.4, 0.5) is 5.82 Å². The summed E-state index contributed by atoms with van der Waals surface area (Å²) in [5, 5.41) is 0. The highest BCUT2D eigenvalue weighted by atomic mass is 16.2. The van der Waals surface area contributed by atoms with Gasteiger partial charge in [-0.3, -0.25) is 4.79 Å². The third-order valence-electron chi connectivity index (χ3n) is 4.03. The molecule has 1 atom stereocenters. The Labute approximate surface area is 127 Å². The van der Waals surface area contributed by atoms with Crippen LogP contribution in [0.25, 0.3) is 0 Å². The first-order valence-corrected chi connectivity index (χ1v) is 7.94. The zero-order valence-electron chi connectivity index (χ0n) is 13.4. The van der Waals surface area contributed by atoms with Gasteiger partial charge in [-0.1, -0.05) is 20.3 Å². The fourth-order valence-electron chi connectivity index (χ4n) is 2.68. The smallest absolute Gasteiger partial charge is 0.273 e. The minimum Gasteiger partial charge on any atom is -0.355 e. The predicted molar refractivity (Wildman–Crippen MR) is 84.5 cm³/mol. The average molecular weight is 290 g/mol. The summed E-state index contributed by atoms with van der Waals surface area (Å²) in [7, 11) is 1.82. The summed E-state index contributed by atoms with van der Waals surface area (Å²) in [5.41, 5.74) is 0.433. The van der Waals surface area contributed by atoms with Gasteiger partial charge in [0.1, 0.15) is 11.5 Å². The summed E-state index contributed by atoms with van der Waals surface area (Å²) in [4.78, 5) is 24.9. The molecule has 1 aliphatic rings. The van der Waals surface area contributed by atoms with Crippen molar-refractivity contribution in [2.45, 2.75) is 39.5 Å². The minimum absolute atomic E-state index is 0.0467. The summed E-state index contributed by atoms with van der Waals surface area (Å²) < 4.78 is 0. The van der Waals surface area contributed by atoms with Gasteiger partial charge in [-0.15, -0.1) is 0 Å². The first kappa shape index (κ1) is 15.7. The van der Waals surface area contributed by atoms with Crippen LogP contribution in [0.5, 0.6) is 0 Å². The Balaban J connectivity index is 1.99. The highest BCUT2D eigenvalue weighted by Gasteiger charge is 2.19. The second-order valence-electron chi connectivity index (χ2n) is 6.03. The van der Waals surface area contributed by atoms with E-state index < -0.39 is 0 Å². The number of nitrogens with zero attached hydrogens (tertiary/aromatic N) is 4. The number of hydrogen-bond donors (Lipinski definition) is 0. The average Bonchev–Trinajstić information content (AvgIpc) is 2.52. The van der Waals surface area contributed by atoms with E-state index in [-0.39, 0.29) is 5.91 Å². The van der Waals surface area contributed by atoms with Crippen LogP contribution in [0.2, 0.25) is 0 Å². The largest absolute Gasteiger partial charge is 0.355 e. The molecule has 116 valence electrons. The zero-order valence-corrected chi connectivity index (χ0v) is 13.4. The van der Waals surface area contributed by atoms with E-state index in [9.17, 15) is 4.79 Å². The van der Waals surface area contributed by atoms with Crippen molar-refractivity contribution in [1.29, 1.82) is 0 Å². The molecular formula is C16H26N4O. The molecule has 21 heavy (non-hydrogen) atoms. The second kappa shape index (κ2) is 7.38. The first-order valence-electron chi connectivity index (χ1n) is 7.94. The van der Waals surface area contributed by atoms with Crippen molar-refractivity contribution in [1.82, 2.24) is 14.9 Å². The molecule has 5 heteroatoms. The maximum Gasteiger partial charge on any atom is 0.273 e. The normalized spacial score (nSPS) is 18.6. The van der Waals surface area contributed by atoms with Crippen molar-refractivity contribution < 1.29 is 4.79 Å². The van der Waals surface area contributed by atoms with Crippen LogP contribution in [0, 0.1) is 5.92 Å². The van der Waals surface area contributed by atoms with E-state index in [2.05, 4.69) is 28.7 Å². The molecule has 0 N–H and O–H groups in total.